The summed E-state index contributed by atoms with van der Waals surface area (Å²) in [4.78, 5) is 15.1. The summed E-state index contributed by atoms with van der Waals surface area (Å²) in [6, 6.07) is 0. The molecule has 2 heterocycles. The second-order valence-electron chi connectivity index (χ2n) is 4.24. The Morgan fingerprint density at radius 3 is 2.76 bits per heavy atom. The van der Waals surface area contributed by atoms with E-state index in [2.05, 4.69) is 20.7 Å². The molecule has 0 saturated carbocycles. The number of amides is 1. The summed E-state index contributed by atoms with van der Waals surface area (Å²) in [7, 11) is 1.72. The summed E-state index contributed by atoms with van der Waals surface area (Å²) in [6.45, 7) is 2.61. The molecule has 0 aliphatic carbocycles. The van der Waals surface area contributed by atoms with E-state index in [1.165, 1.54) is 11.2 Å². The van der Waals surface area contributed by atoms with Gasteiger partial charge < -0.3 is 10.2 Å². The van der Waals surface area contributed by atoms with Gasteiger partial charge in [-0.2, -0.15) is 4.80 Å². The van der Waals surface area contributed by atoms with E-state index in [4.69, 9.17) is 0 Å². The van der Waals surface area contributed by atoms with Gasteiger partial charge in [-0.25, -0.2) is 0 Å². The first-order chi connectivity index (χ1) is 8.25. The van der Waals surface area contributed by atoms with Crippen molar-refractivity contribution in [3.63, 3.8) is 0 Å². The second kappa shape index (κ2) is 5.72. The summed E-state index contributed by atoms with van der Waals surface area (Å²) in [5, 5.41) is 14.6. The van der Waals surface area contributed by atoms with Crippen molar-refractivity contribution in [2.24, 2.45) is 7.05 Å². The quantitative estimate of drug-likeness (QED) is 0.751. The van der Waals surface area contributed by atoms with Crippen molar-refractivity contribution in [1.29, 1.82) is 0 Å². The van der Waals surface area contributed by atoms with E-state index in [-0.39, 0.29) is 5.91 Å². The van der Waals surface area contributed by atoms with Crippen LogP contribution >= 0.6 is 0 Å². The van der Waals surface area contributed by atoms with Gasteiger partial charge in [0.05, 0.1) is 20.1 Å². The number of aryl methyl sites for hydroxylation is 1. The average Bonchev–Trinajstić information content (AvgIpc) is 2.76. The van der Waals surface area contributed by atoms with Crippen molar-refractivity contribution >= 4 is 5.91 Å². The molecule has 0 atom stereocenters. The molecule has 17 heavy (non-hydrogen) atoms. The van der Waals surface area contributed by atoms with Gasteiger partial charge in [-0.05, 0) is 24.5 Å². The van der Waals surface area contributed by atoms with Crippen LogP contribution < -0.4 is 5.32 Å². The van der Waals surface area contributed by atoms with Crippen LogP contribution in [0.4, 0.5) is 0 Å². The van der Waals surface area contributed by atoms with Crippen LogP contribution in [-0.4, -0.2) is 50.6 Å². The molecule has 94 valence electrons. The maximum absolute atomic E-state index is 11.8. The zero-order valence-corrected chi connectivity index (χ0v) is 10.1. The molecule has 1 N–H and O–H groups in total. The largest absolute Gasteiger partial charge is 0.342 e. The molecule has 2 rings (SSSR count). The monoisotopic (exact) mass is 238 g/mol. The van der Waals surface area contributed by atoms with Crippen molar-refractivity contribution in [1.82, 2.24) is 30.4 Å². The normalized spacial score (nSPS) is 16.2. The highest BCUT2D eigenvalue weighted by Gasteiger charge is 2.15. The molecule has 1 fully saturated rings. The SMILES string of the molecule is Cn1nnc(CNCC(=O)N2CCCCC2)n1. The Morgan fingerprint density at radius 1 is 1.35 bits per heavy atom. The van der Waals surface area contributed by atoms with Gasteiger partial charge in [0.15, 0.2) is 5.82 Å². The van der Waals surface area contributed by atoms with E-state index in [0.29, 0.717) is 18.9 Å². The zero-order chi connectivity index (χ0) is 12.1. The van der Waals surface area contributed by atoms with E-state index in [1.807, 2.05) is 4.90 Å². The molecule has 1 aliphatic heterocycles. The number of likely N-dealkylation sites (tertiary alicyclic amines) is 1. The van der Waals surface area contributed by atoms with Crippen LogP contribution in [0.5, 0.6) is 0 Å². The van der Waals surface area contributed by atoms with Crippen LogP contribution in [0.3, 0.4) is 0 Å². The fourth-order valence-electron chi connectivity index (χ4n) is 1.93. The van der Waals surface area contributed by atoms with Gasteiger partial charge in [-0.15, -0.1) is 10.2 Å². The fourth-order valence-corrected chi connectivity index (χ4v) is 1.93. The lowest BCUT2D eigenvalue weighted by atomic mass is 10.1. The number of nitrogens with one attached hydrogen (secondary N) is 1. The second-order valence-corrected chi connectivity index (χ2v) is 4.24. The molecule has 0 radical (unpaired) electrons. The Kier molecular flexibility index (Phi) is 4.03. The first kappa shape index (κ1) is 12.0. The number of hydrogen-bond donors (Lipinski definition) is 1. The van der Waals surface area contributed by atoms with Crippen molar-refractivity contribution in [2.75, 3.05) is 19.6 Å². The van der Waals surface area contributed by atoms with E-state index < -0.39 is 0 Å². The third-order valence-electron chi connectivity index (χ3n) is 2.82. The molecule has 1 aromatic heterocycles. The highest BCUT2D eigenvalue weighted by Crippen LogP contribution is 2.08. The zero-order valence-electron chi connectivity index (χ0n) is 10.1. The van der Waals surface area contributed by atoms with Gasteiger partial charge in [0.25, 0.3) is 0 Å². The van der Waals surface area contributed by atoms with Crippen molar-refractivity contribution in [3.8, 4) is 0 Å². The van der Waals surface area contributed by atoms with Gasteiger partial charge in [-0.3, -0.25) is 4.79 Å². The molecule has 7 heteroatoms. The Balaban J connectivity index is 1.69. The van der Waals surface area contributed by atoms with Crippen LogP contribution in [-0.2, 0) is 18.4 Å². The highest BCUT2D eigenvalue weighted by molar-refractivity contribution is 5.78. The number of nitrogens with zero attached hydrogens (tertiary/aromatic N) is 5. The van der Waals surface area contributed by atoms with Crippen molar-refractivity contribution < 1.29 is 4.79 Å². The lowest BCUT2D eigenvalue weighted by molar-refractivity contribution is -0.131. The lowest BCUT2D eigenvalue weighted by Gasteiger charge is -2.26. The minimum atomic E-state index is 0.161. The van der Waals surface area contributed by atoms with E-state index in [9.17, 15) is 4.79 Å². The average molecular weight is 238 g/mol. The van der Waals surface area contributed by atoms with Crippen LogP contribution in [0, 0.1) is 0 Å². The maximum Gasteiger partial charge on any atom is 0.236 e. The van der Waals surface area contributed by atoms with E-state index in [1.54, 1.807) is 7.05 Å². The summed E-state index contributed by atoms with van der Waals surface area (Å²) < 4.78 is 0. The Hall–Kier alpha value is -1.50. The number of rotatable bonds is 4. The Morgan fingerprint density at radius 2 is 2.12 bits per heavy atom. The number of piperidine rings is 1. The fraction of sp³-hybridized carbons (Fsp3) is 0.800. The van der Waals surface area contributed by atoms with E-state index in [0.717, 1.165) is 25.9 Å². The van der Waals surface area contributed by atoms with Crippen LogP contribution in [0.1, 0.15) is 25.1 Å². The number of carbonyl (C=O) groups is 1. The molecule has 1 aliphatic rings. The maximum atomic E-state index is 11.8. The van der Waals surface area contributed by atoms with Gasteiger partial charge in [0, 0.05) is 13.1 Å². The molecule has 1 saturated heterocycles. The summed E-state index contributed by atoms with van der Waals surface area (Å²) in [5.74, 6) is 0.771. The third-order valence-corrected chi connectivity index (χ3v) is 2.82. The first-order valence-corrected chi connectivity index (χ1v) is 5.97. The minimum absolute atomic E-state index is 0.161. The standard InChI is InChI=1S/C10H18N6O/c1-15-13-9(12-14-15)7-11-8-10(17)16-5-3-2-4-6-16/h11H,2-8H2,1H3. The molecule has 0 unspecified atom stereocenters. The van der Waals surface area contributed by atoms with Crippen LogP contribution in [0.25, 0.3) is 0 Å². The van der Waals surface area contributed by atoms with Gasteiger partial charge in [0.2, 0.25) is 5.91 Å². The summed E-state index contributed by atoms with van der Waals surface area (Å²) in [5.41, 5.74) is 0. The summed E-state index contributed by atoms with van der Waals surface area (Å²) >= 11 is 0. The highest BCUT2D eigenvalue weighted by atomic mass is 16.2. The molecular weight excluding hydrogens is 220 g/mol. The van der Waals surface area contributed by atoms with Crippen molar-refractivity contribution in [3.05, 3.63) is 5.82 Å². The van der Waals surface area contributed by atoms with Gasteiger partial charge in [0.1, 0.15) is 0 Å². The smallest absolute Gasteiger partial charge is 0.236 e. The van der Waals surface area contributed by atoms with Crippen LogP contribution in [0.2, 0.25) is 0 Å². The molecule has 1 amide bonds. The van der Waals surface area contributed by atoms with Crippen molar-refractivity contribution in [2.45, 2.75) is 25.8 Å². The molecule has 7 nitrogen and oxygen atoms in total. The van der Waals surface area contributed by atoms with E-state index >= 15 is 0 Å². The molecule has 0 spiro atoms. The predicted octanol–water partition coefficient (Wildman–Crippen LogP) is -0.688. The number of aromatic nitrogens is 4. The number of tetrazole rings is 1. The summed E-state index contributed by atoms with van der Waals surface area (Å²) in [6.07, 6.45) is 3.48. The molecule has 1 aromatic rings. The molecular formula is C10H18N6O. The Bertz CT molecular complexity index is 371. The molecule has 0 bridgehead atoms. The number of carbonyl (C=O) groups excluding carboxylic acids is 1. The first-order valence-electron chi connectivity index (χ1n) is 5.97. The van der Waals surface area contributed by atoms with Gasteiger partial charge in [-0.1, -0.05) is 0 Å². The predicted molar refractivity (Wildman–Crippen MR) is 60.9 cm³/mol. The third kappa shape index (κ3) is 3.48. The topological polar surface area (TPSA) is 75.9 Å². The minimum Gasteiger partial charge on any atom is -0.342 e. The Labute approximate surface area is 100 Å². The lowest BCUT2D eigenvalue weighted by Crippen LogP contribution is -2.41. The van der Waals surface area contributed by atoms with Crippen LogP contribution in [0.15, 0.2) is 0 Å². The molecule has 0 aromatic carbocycles. The van der Waals surface area contributed by atoms with Gasteiger partial charge >= 0.3 is 0 Å². The number of hydrogen-bond acceptors (Lipinski definition) is 5.